The number of Topliss-reactive ketones (excluding diaryl/α,β-unsaturated/α-hetero) is 2. The molecule has 98 valence electrons. The molecule has 0 aromatic heterocycles. The summed E-state index contributed by atoms with van der Waals surface area (Å²) in [5, 5.41) is 0. The highest BCUT2D eigenvalue weighted by Gasteiger charge is 2.26. The van der Waals surface area contributed by atoms with Crippen LogP contribution >= 0.6 is 0 Å². The lowest BCUT2D eigenvalue weighted by Crippen LogP contribution is -2.35. The molecule has 1 aromatic carbocycles. The van der Waals surface area contributed by atoms with Gasteiger partial charge in [-0.3, -0.25) is 9.59 Å². The molecule has 4 nitrogen and oxygen atoms in total. The van der Waals surface area contributed by atoms with Crippen LogP contribution in [-0.4, -0.2) is 24.8 Å². The number of ketones is 2. The summed E-state index contributed by atoms with van der Waals surface area (Å²) < 4.78 is 10.6. The number of methoxy groups -OCH3 is 1. The van der Waals surface area contributed by atoms with Crippen LogP contribution in [0.4, 0.5) is 0 Å². The zero-order valence-electron chi connectivity index (χ0n) is 10.9. The molecule has 0 aliphatic carbocycles. The van der Waals surface area contributed by atoms with Gasteiger partial charge in [-0.1, -0.05) is 26.0 Å². The summed E-state index contributed by atoms with van der Waals surface area (Å²) in [6, 6.07) is 6.96. The van der Waals surface area contributed by atoms with Gasteiger partial charge in [0, 0.05) is 12.8 Å². The van der Waals surface area contributed by atoms with Crippen LogP contribution in [0.15, 0.2) is 24.3 Å². The first-order valence-corrected chi connectivity index (χ1v) is 5.99. The van der Waals surface area contributed by atoms with Crippen LogP contribution in [-0.2, 0) is 9.59 Å². The minimum Gasteiger partial charge on any atom is -0.493 e. The Kier molecular flexibility index (Phi) is 5.36. The van der Waals surface area contributed by atoms with Crippen molar-refractivity contribution in [1.29, 1.82) is 0 Å². The number of carbonyl (C=O) groups is 2. The van der Waals surface area contributed by atoms with Gasteiger partial charge in [0.25, 0.3) is 0 Å². The third-order valence-corrected chi connectivity index (χ3v) is 2.60. The van der Waals surface area contributed by atoms with Gasteiger partial charge >= 0.3 is 0 Å². The quantitative estimate of drug-likeness (QED) is 0.697. The molecule has 1 aromatic rings. The van der Waals surface area contributed by atoms with Gasteiger partial charge in [-0.2, -0.15) is 0 Å². The smallest absolute Gasteiger partial charge is 0.214 e. The van der Waals surface area contributed by atoms with Crippen molar-refractivity contribution in [2.24, 2.45) is 0 Å². The normalized spacial score (nSPS) is 10.2. The third kappa shape index (κ3) is 3.32. The van der Waals surface area contributed by atoms with Gasteiger partial charge in [-0.15, -0.1) is 0 Å². The average molecular weight is 250 g/mol. The van der Waals surface area contributed by atoms with Crippen molar-refractivity contribution >= 4 is 11.6 Å². The lowest BCUT2D eigenvalue weighted by atomic mass is 10.1. The van der Waals surface area contributed by atoms with E-state index in [0.29, 0.717) is 11.5 Å². The van der Waals surface area contributed by atoms with E-state index in [1.807, 2.05) is 0 Å². The van der Waals surface area contributed by atoms with Crippen LogP contribution in [0.1, 0.15) is 26.7 Å². The molecule has 0 amide bonds. The molecular weight excluding hydrogens is 232 g/mol. The summed E-state index contributed by atoms with van der Waals surface area (Å²) in [7, 11) is 1.51. The molecule has 0 atom stereocenters. The van der Waals surface area contributed by atoms with Crippen molar-refractivity contribution in [2.45, 2.75) is 32.8 Å². The van der Waals surface area contributed by atoms with E-state index in [0.717, 1.165) is 0 Å². The second kappa shape index (κ2) is 6.79. The standard InChI is InChI=1S/C14H18O4/c1-4-10(15)14(11(16)5-2)18-13-9-7-6-8-12(13)17-3/h6-9,14H,4-5H2,1-3H3. The molecule has 0 aliphatic heterocycles. The van der Waals surface area contributed by atoms with Crippen molar-refractivity contribution in [3.63, 3.8) is 0 Å². The fourth-order valence-corrected chi connectivity index (χ4v) is 1.52. The Morgan fingerprint density at radius 1 is 1.06 bits per heavy atom. The molecule has 0 spiro atoms. The van der Waals surface area contributed by atoms with Gasteiger partial charge in [-0.05, 0) is 12.1 Å². The van der Waals surface area contributed by atoms with Crippen LogP contribution in [0.3, 0.4) is 0 Å². The number of ether oxygens (including phenoxy) is 2. The summed E-state index contributed by atoms with van der Waals surface area (Å²) in [4.78, 5) is 23.5. The van der Waals surface area contributed by atoms with Crippen molar-refractivity contribution in [3.8, 4) is 11.5 Å². The van der Waals surface area contributed by atoms with Gasteiger partial charge in [0.05, 0.1) is 7.11 Å². The first-order chi connectivity index (χ1) is 8.63. The second-order valence-electron chi connectivity index (χ2n) is 3.79. The van der Waals surface area contributed by atoms with Gasteiger partial charge in [0.2, 0.25) is 6.10 Å². The van der Waals surface area contributed by atoms with Crippen LogP contribution in [0.2, 0.25) is 0 Å². The van der Waals surface area contributed by atoms with E-state index >= 15 is 0 Å². The number of benzene rings is 1. The van der Waals surface area contributed by atoms with Crippen LogP contribution in [0, 0.1) is 0 Å². The van der Waals surface area contributed by atoms with Crippen molar-refractivity contribution < 1.29 is 19.1 Å². The molecular formula is C14H18O4. The largest absolute Gasteiger partial charge is 0.493 e. The molecule has 0 radical (unpaired) electrons. The van der Waals surface area contributed by atoms with Gasteiger partial charge in [0.15, 0.2) is 23.1 Å². The van der Waals surface area contributed by atoms with Crippen molar-refractivity contribution in [1.82, 2.24) is 0 Å². The summed E-state index contributed by atoms with van der Waals surface area (Å²) >= 11 is 0. The first-order valence-electron chi connectivity index (χ1n) is 5.99. The number of rotatable bonds is 7. The van der Waals surface area contributed by atoms with E-state index in [2.05, 4.69) is 0 Å². The zero-order chi connectivity index (χ0) is 13.5. The minimum atomic E-state index is -1.03. The predicted molar refractivity (Wildman–Crippen MR) is 68.0 cm³/mol. The summed E-state index contributed by atoms with van der Waals surface area (Å²) in [5.41, 5.74) is 0. The monoisotopic (exact) mass is 250 g/mol. The van der Waals surface area contributed by atoms with Gasteiger partial charge < -0.3 is 9.47 Å². The maximum atomic E-state index is 11.7. The van der Waals surface area contributed by atoms with Crippen LogP contribution in [0.25, 0.3) is 0 Å². The van der Waals surface area contributed by atoms with E-state index in [-0.39, 0.29) is 24.4 Å². The molecule has 0 bridgehead atoms. The third-order valence-electron chi connectivity index (χ3n) is 2.60. The van der Waals surface area contributed by atoms with E-state index in [9.17, 15) is 9.59 Å². The molecule has 0 unspecified atom stereocenters. The number of hydrogen-bond donors (Lipinski definition) is 0. The summed E-state index contributed by atoms with van der Waals surface area (Å²) in [5.74, 6) is 0.490. The van der Waals surface area contributed by atoms with E-state index in [1.165, 1.54) is 7.11 Å². The molecule has 0 aliphatic rings. The highest BCUT2D eigenvalue weighted by atomic mass is 16.5. The summed E-state index contributed by atoms with van der Waals surface area (Å²) in [6.07, 6.45) is -0.492. The highest BCUT2D eigenvalue weighted by Crippen LogP contribution is 2.27. The zero-order valence-corrected chi connectivity index (χ0v) is 10.9. The van der Waals surface area contributed by atoms with Crippen molar-refractivity contribution in [3.05, 3.63) is 24.3 Å². The van der Waals surface area contributed by atoms with Crippen molar-refractivity contribution in [2.75, 3.05) is 7.11 Å². The number of hydrogen-bond acceptors (Lipinski definition) is 4. The minimum absolute atomic E-state index is 0.215. The fourth-order valence-electron chi connectivity index (χ4n) is 1.52. The van der Waals surface area contributed by atoms with E-state index < -0.39 is 6.10 Å². The Labute approximate surface area is 107 Å². The van der Waals surface area contributed by atoms with E-state index in [4.69, 9.17) is 9.47 Å². The molecule has 4 heteroatoms. The predicted octanol–water partition coefficient (Wildman–Crippen LogP) is 2.40. The maximum Gasteiger partial charge on any atom is 0.214 e. The molecule has 0 heterocycles. The maximum absolute atomic E-state index is 11.7. The van der Waals surface area contributed by atoms with E-state index in [1.54, 1.807) is 38.1 Å². The van der Waals surface area contributed by atoms with Crippen LogP contribution < -0.4 is 9.47 Å². The summed E-state index contributed by atoms with van der Waals surface area (Å²) in [6.45, 7) is 3.42. The molecule has 0 N–H and O–H groups in total. The second-order valence-corrected chi connectivity index (χ2v) is 3.79. The fraction of sp³-hybridized carbons (Fsp3) is 0.429. The lowest BCUT2D eigenvalue weighted by Gasteiger charge is -2.17. The SMILES string of the molecule is CCC(=O)C(Oc1ccccc1OC)C(=O)CC. The molecule has 0 saturated carbocycles. The molecule has 0 fully saturated rings. The Balaban J connectivity index is 2.95. The molecule has 18 heavy (non-hydrogen) atoms. The average Bonchev–Trinajstić information content (AvgIpc) is 2.43. The Morgan fingerprint density at radius 3 is 2.00 bits per heavy atom. The Morgan fingerprint density at radius 2 is 1.56 bits per heavy atom. The Bertz CT molecular complexity index is 410. The highest BCUT2D eigenvalue weighted by molar-refractivity contribution is 6.05. The molecule has 0 saturated heterocycles. The Hall–Kier alpha value is -1.84. The lowest BCUT2D eigenvalue weighted by molar-refractivity contribution is -0.136. The first kappa shape index (κ1) is 14.2. The van der Waals surface area contributed by atoms with Gasteiger partial charge in [0.1, 0.15) is 0 Å². The number of carbonyl (C=O) groups excluding carboxylic acids is 2. The topological polar surface area (TPSA) is 52.6 Å². The van der Waals surface area contributed by atoms with Gasteiger partial charge in [-0.25, -0.2) is 0 Å². The van der Waals surface area contributed by atoms with Crippen LogP contribution in [0.5, 0.6) is 11.5 Å². The number of para-hydroxylation sites is 2. The molecule has 1 rings (SSSR count).